The first-order valence-electron chi connectivity index (χ1n) is 6.19. The zero-order chi connectivity index (χ0) is 13.1. The molecule has 2 N–H and O–H groups in total. The van der Waals surface area contributed by atoms with E-state index < -0.39 is 0 Å². The molecule has 98 valence electrons. The van der Waals surface area contributed by atoms with Gasteiger partial charge in [-0.1, -0.05) is 6.92 Å². The predicted octanol–water partition coefficient (Wildman–Crippen LogP) is 1.35. The fraction of sp³-hybridized carbons (Fsp3) is 0.538. The molecule has 1 atom stereocenters. The first kappa shape index (κ1) is 13.1. The average molecular weight is 266 g/mol. The Kier molecular flexibility index (Phi) is 4.01. The molecule has 5 heteroatoms. The molecule has 18 heavy (non-hydrogen) atoms. The van der Waals surface area contributed by atoms with Gasteiger partial charge in [0.15, 0.2) is 0 Å². The average Bonchev–Trinajstić information content (AvgIpc) is 2.78. The Labute approximate surface area is 111 Å². The minimum atomic E-state index is -0.180. The minimum Gasteiger partial charge on any atom is -0.358 e. The summed E-state index contributed by atoms with van der Waals surface area (Å²) in [6.45, 7) is 2.28. The van der Waals surface area contributed by atoms with E-state index in [1.165, 1.54) is 10.4 Å². The van der Waals surface area contributed by atoms with E-state index in [1.807, 2.05) is 5.38 Å². The van der Waals surface area contributed by atoms with Crippen LogP contribution in [0.2, 0.25) is 0 Å². The number of fused-ring (bicyclic) bond motifs is 1. The number of hydrogen-bond donors (Lipinski definition) is 2. The van der Waals surface area contributed by atoms with Crippen LogP contribution < -0.4 is 10.6 Å². The summed E-state index contributed by atoms with van der Waals surface area (Å²) in [6.07, 6.45) is 3.19. The molecule has 0 aromatic carbocycles. The van der Waals surface area contributed by atoms with Crippen LogP contribution in [0.25, 0.3) is 0 Å². The van der Waals surface area contributed by atoms with Crippen LogP contribution >= 0.6 is 11.3 Å². The lowest BCUT2D eigenvalue weighted by atomic mass is 9.88. The van der Waals surface area contributed by atoms with Crippen molar-refractivity contribution < 1.29 is 9.59 Å². The number of amides is 2. The van der Waals surface area contributed by atoms with Gasteiger partial charge in [-0.05, 0) is 30.7 Å². The van der Waals surface area contributed by atoms with Crippen molar-refractivity contribution in [1.82, 2.24) is 10.6 Å². The first-order chi connectivity index (χ1) is 8.61. The van der Waals surface area contributed by atoms with E-state index in [2.05, 4.69) is 17.6 Å². The Morgan fingerprint density at radius 2 is 2.28 bits per heavy atom. The van der Waals surface area contributed by atoms with Crippen LogP contribution in [0.4, 0.5) is 0 Å². The molecule has 0 radical (unpaired) electrons. The third kappa shape index (κ3) is 2.72. The molecular formula is C13H18N2O2S. The molecule has 1 aliphatic carbocycles. The second-order valence-corrected chi connectivity index (χ2v) is 5.72. The molecule has 1 aromatic heterocycles. The lowest BCUT2D eigenvalue weighted by Crippen LogP contribution is -2.35. The van der Waals surface area contributed by atoms with E-state index in [0.717, 1.165) is 24.8 Å². The lowest BCUT2D eigenvalue weighted by Gasteiger charge is -2.18. The van der Waals surface area contributed by atoms with Crippen LogP contribution in [-0.4, -0.2) is 25.4 Å². The van der Waals surface area contributed by atoms with E-state index in [1.54, 1.807) is 18.4 Å². The predicted molar refractivity (Wildman–Crippen MR) is 71.9 cm³/mol. The number of nitrogens with one attached hydrogen (secondary N) is 2. The highest BCUT2D eigenvalue weighted by Crippen LogP contribution is 2.32. The van der Waals surface area contributed by atoms with Crippen molar-refractivity contribution in [2.75, 3.05) is 13.6 Å². The summed E-state index contributed by atoms with van der Waals surface area (Å²) in [6, 6.07) is 0. The van der Waals surface area contributed by atoms with Gasteiger partial charge in [0.05, 0.1) is 12.1 Å². The van der Waals surface area contributed by atoms with Crippen LogP contribution in [0, 0.1) is 5.92 Å². The highest BCUT2D eigenvalue weighted by molar-refractivity contribution is 7.10. The van der Waals surface area contributed by atoms with E-state index in [-0.39, 0.29) is 18.4 Å². The SMILES string of the molecule is CNC(=O)CNC(=O)c1csc2c1CCC(C)C2. The van der Waals surface area contributed by atoms with Crippen molar-refractivity contribution in [3.63, 3.8) is 0 Å². The number of hydrogen-bond acceptors (Lipinski definition) is 3. The molecule has 0 fully saturated rings. The van der Waals surface area contributed by atoms with Gasteiger partial charge >= 0.3 is 0 Å². The third-order valence-electron chi connectivity index (χ3n) is 3.33. The fourth-order valence-corrected chi connectivity index (χ4v) is 3.46. The van der Waals surface area contributed by atoms with E-state index in [9.17, 15) is 9.59 Å². The molecule has 2 rings (SSSR count). The number of rotatable bonds is 3. The molecule has 1 heterocycles. The second-order valence-electron chi connectivity index (χ2n) is 4.75. The molecule has 1 unspecified atom stereocenters. The summed E-state index contributed by atoms with van der Waals surface area (Å²) in [4.78, 5) is 24.4. The minimum absolute atomic E-state index is 0.0381. The molecule has 1 aromatic rings. The van der Waals surface area contributed by atoms with Gasteiger partial charge in [-0.3, -0.25) is 9.59 Å². The summed E-state index contributed by atoms with van der Waals surface area (Å²) in [7, 11) is 1.56. The summed E-state index contributed by atoms with van der Waals surface area (Å²) in [5.74, 6) is 0.393. The Balaban J connectivity index is 2.05. The molecule has 2 amide bonds. The topological polar surface area (TPSA) is 58.2 Å². The maximum atomic E-state index is 12.0. The van der Waals surface area contributed by atoms with Crippen molar-refractivity contribution in [1.29, 1.82) is 0 Å². The van der Waals surface area contributed by atoms with Crippen molar-refractivity contribution in [2.45, 2.75) is 26.2 Å². The normalized spacial score (nSPS) is 18.0. The fourth-order valence-electron chi connectivity index (χ4n) is 2.21. The highest BCUT2D eigenvalue weighted by Gasteiger charge is 2.23. The van der Waals surface area contributed by atoms with Gasteiger partial charge < -0.3 is 10.6 Å². The van der Waals surface area contributed by atoms with E-state index in [0.29, 0.717) is 5.92 Å². The summed E-state index contributed by atoms with van der Waals surface area (Å²) in [5, 5.41) is 7.05. The van der Waals surface area contributed by atoms with Crippen LogP contribution in [0.5, 0.6) is 0 Å². The molecule has 0 aliphatic heterocycles. The van der Waals surface area contributed by atoms with Gasteiger partial charge in [-0.25, -0.2) is 0 Å². The smallest absolute Gasteiger partial charge is 0.252 e. The largest absolute Gasteiger partial charge is 0.358 e. The molecule has 0 spiro atoms. The Bertz CT molecular complexity index is 468. The molecule has 0 bridgehead atoms. The van der Waals surface area contributed by atoms with Crippen molar-refractivity contribution in [3.8, 4) is 0 Å². The molecule has 0 saturated heterocycles. The summed E-state index contributed by atoms with van der Waals surface area (Å²) < 4.78 is 0. The Morgan fingerprint density at radius 1 is 1.50 bits per heavy atom. The third-order valence-corrected chi connectivity index (χ3v) is 4.39. The maximum Gasteiger partial charge on any atom is 0.252 e. The van der Waals surface area contributed by atoms with Gasteiger partial charge in [0.25, 0.3) is 5.91 Å². The lowest BCUT2D eigenvalue weighted by molar-refractivity contribution is -0.119. The van der Waals surface area contributed by atoms with Crippen molar-refractivity contribution >= 4 is 23.2 Å². The number of carbonyl (C=O) groups is 2. The zero-order valence-corrected chi connectivity index (χ0v) is 11.5. The van der Waals surface area contributed by atoms with Crippen LogP contribution in [0.15, 0.2) is 5.38 Å². The second kappa shape index (κ2) is 5.52. The molecule has 0 saturated carbocycles. The first-order valence-corrected chi connectivity index (χ1v) is 7.07. The van der Waals surface area contributed by atoms with Crippen LogP contribution in [0.1, 0.15) is 34.1 Å². The monoisotopic (exact) mass is 266 g/mol. The van der Waals surface area contributed by atoms with E-state index >= 15 is 0 Å². The van der Waals surface area contributed by atoms with E-state index in [4.69, 9.17) is 0 Å². The number of carbonyl (C=O) groups excluding carboxylic acids is 2. The highest BCUT2D eigenvalue weighted by atomic mass is 32.1. The molecule has 1 aliphatic rings. The number of likely N-dealkylation sites (N-methyl/N-ethyl adjacent to an activating group) is 1. The van der Waals surface area contributed by atoms with Gasteiger partial charge in [0.2, 0.25) is 5.91 Å². The number of thiophene rings is 1. The van der Waals surface area contributed by atoms with Crippen LogP contribution in [-0.2, 0) is 17.6 Å². The molecule has 4 nitrogen and oxygen atoms in total. The van der Waals surface area contributed by atoms with Crippen molar-refractivity contribution in [3.05, 3.63) is 21.4 Å². The zero-order valence-electron chi connectivity index (χ0n) is 10.7. The molecular weight excluding hydrogens is 248 g/mol. The van der Waals surface area contributed by atoms with Crippen molar-refractivity contribution in [2.24, 2.45) is 5.92 Å². The van der Waals surface area contributed by atoms with Gasteiger partial charge in [-0.15, -0.1) is 11.3 Å². The summed E-state index contributed by atoms with van der Waals surface area (Å²) >= 11 is 1.66. The van der Waals surface area contributed by atoms with Gasteiger partial charge in [0.1, 0.15) is 0 Å². The van der Waals surface area contributed by atoms with Gasteiger partial charge in [0, 0.05) is 17.3 Å². The van der Waals surface area contributed by atoms with Gasteiger partial charge in [-0.2, -0.15) is 0 Å². The maximum absolute atomic E-state index is 12.0. The summed E-state index contributed by atoms with van der Waals surface area (Å²) in [5.41, 5.74) is 1.94. The standard InChI is InChI=1S/C13H18N2O2S/c1-8-3-4-9-10(7-18-11(9)5-8)13(17)15-6-12(16)14-2/h7-8H,3-6H2,1-2H3,(H,14,16)(H,15,17). The Morgan fingerprint density at radius 3 is 3.00 bits per heavy atom. The Hall–Kier alpha value is -1.36. The quantitative estimate of drug-likeness (QED) is 0.867. The van der Waals surface area contributed by atoms with Crippen LogP contribution in [0.3, 0.4) is 0 Å².